The minimum Gasteiger partial charge on any atom is -0.375 e. The molecule has 1 unspecified atom stereocenters. The topological polar surface area (TPSA) is 64.1 Å². The van der Waals surface area contributed by atoms with E-state index in [9.17, 15) is 14.7 Å². The number of rotatable bonds is 4. The summed E-state index contributed by atoms with van der Waals surface area (Å²) >= 11 is 0. The first kappa shape index (κ1) is 22.3. The summed E-state index contributed by atoms with van der Waals surface area (Å²) < 4.78 is 0. The van der Waals surface area contributed by atoms with Gasteiger partial charge in [0, 0.05) is 44.8 Å². The molecule has 2 amide bonds. The van der Waals surface area contributed by atoms with Crippen LogP contribution in [-0.4, -0.2) is 59.9 Å². The number of carbonyl (C=O) groups is 2. The van der Waals surface area contributed by atoms with Crippen molar-refractivity contribution in [3.05, 3.63) is 77.4 Å². The lowest BCUT2D eigenvalue weighted by atomic mass is 9.91. The molecular weight excluding hydrogens is 438 g/mol. The van der Waals surface area contributed by atoms with Gasteiger partial charge in [0.1, 0.15) is 0 Å². The summed E-state index contributed by atoms with van der Waals surface area (Å²) in [6.07, 6.45) is 2.45. The first-order valence-electron chi connectivity index (χ1n) is 12.5. The average Bonchev–Trinajstić information content (AvgIpc) is 3.34. The van der Waals surface area contributed by atoms with Crippen molar-refractivity contribution in [2.24, 2.45) is 0 Å². The molecule has 6 heteroatoms. The fraction of sp³-hybridized carbons (Fsp3) is 0.379. The van der Waals surface area contributed by atoms with Gasteiger partial charge in [0.2, 0.25) is 5.91 Å². The Balaban J connectivity index is 1.23. The molecule has 1 aliphatic carbocycles. The van der Waals surface area contributed by atoms with Gasteiger partial charge in [0.05, 0.1) is 12.1 Å². The monoisotopic (exact) mass is 469 g/mol. The number of benzene rings is 3. The molecule has 6 nitrogen and oxygen atoms in total. The zero-order valence-electron chi connectivity index (χ0n) is 20.3. The van der Waals surface area contributed by atoms with Crippen LogP contribution in [0.25, 0.3) is 10.8 Å². The summed E-state index contributed by atoms with van der Waals surface area (Å²) in [5.74, 6) is -0.632. The van der Waals surface area contributed by atoms with E-state index >= 15 is 0 Å². The highest BCUT2D eigenvalue weighted by Crippen LogP contribution is 2.46. The predicted octanol–water partition coefficient (Wildman–Crippen LogP) is 3.61. The van der Waals surface area contributed by atoms with Crippen LogP contribution in [0.2, 0.25) is 0 Å². The Kier molecular flexibility index (Phi) is 5.20. The third-order valence-corrected chi connectivity index (χ3v) is 8.19. The zero-order valence-corrected chi connectivity index (χ0v) is 20.3. The van der Waals surface area contributed by atoms with Gasteiger partial charge in [-0.15, -0.1) is 0 Å². The summed E-state index contributed by atoms with van der Waals surface area (Å²) in [7, 11) is 3.29. The largest absolute Gasteiger partial charge is 0.375 e. The van der Waals surface area contributed by atoms with E-state index in [0.29, 0.717) is 11.6 Å². The molecule has 6 rings (SSSR count). The molecule has 3 aliphatic rings. The van der Waals surface area contributed by atoms with Gasteiger partial charge in [-0.1, -0.05) is 54.6 Å². The number of nitrogens with zero attached hydrogens (tertiary/aromatic N) is 3. The third-order valence-electron chi connectivity index (χ3n) is 8.19. The number of hydrogen-bond acceptors (Lipinski definition) is 4. The van der Waals surface area contributed by atoms with Crippen molar-refractivity contribution in [3.8, 4) is 0 Å². The van der Waals surface area contributed by atoms with Crippen LogP contribution in [0.15, 0.2) is 60.7 Å². The number of anilines is 1. The lowest BCUT2D eigenvalue weighted by Gasteiger charge is -2.40. The molecule has 1 N–H and O–H groups in total. The van der Waals surface area contributed by atoms with Crippen LogP contribution in [0.3, 0.4) is 0 Å². The minimum atomic E-state index is -1.81. The van der Waals surface area contributed by atoms with Gasteiger partial charge >= 0.3 is 0 Å². The maximum absolute atomic E-state index is 13.6. The van der Waals surface area contributed by atoms with E-state index in [1.807, 2.05) is 18.2 Å². The normalized spacial score (nSPS) is 24.3. The van der Waals surface area contributed by atoms with E-state index in [0.717, 1.165) is 38.0 Å². The van der Waals surface area contributed by atoms with Crippen molar-refractivity contribution in [3.63, 3.8) is 0 Å². The van der Waals surface area contributed by atoms with Crippen LogP contribution < -0.4 is 4.90 Å². The van der Waals surface area contributed by atoms with Gasteiger partial charge in [-0.2, -0.15) is 0 Å². The van der Waals surface area contributed by atoms with E-state index in [2.05, 4.69) is 41.3 Å². The molecule has 0 bridgehead atoms. The van der Waals surface area contributed by atoms with Crippen LogP contribution in [0.4, 0.5) is 5.69 Å². The predicted molar refractivity (Wildman–Crippen MR) is 136 cm³/mol. The lowest BCUT2D eigenvalue weighted by molar-refractivity contribution is -0.146. The lowest BCUT2D eigenvalue weighted by Crippen LogP contribution is -2.51. The second-order valence-electron chi connectivity index (χ2n) is 10.4. The summed E-state index contributed by atoms with van der Waals surface area (Å²) in [5.41, 5.74) is 2.31. The highest BCUT2D eigenvalue weighted by molar-refractivity contribution is 6.09. The maximum atomic E-state index is 13.6. The third kappa shape index (κ3) is 3.39. The summed E-state index contributed by atoms with van der Waals surface area (Å²) in [6.45, 7) is 1.78. The molecule has 2 atom stereocenters. The smallest absolute Gasteiger partial charge is 0.264 e. The summed E-state index contributed by atoms with van der Waals surface area (Å²) in [6, 6.07) is 20.9. The SMILES string of the molecule is CN(C)C(=O)CC1(O)C(=O)N(C2CCN([C@@H]3Cc4cccc5cccc3c45)CC2)c2ccccc21. The number of carbonyl (C=O) groups excluding carboxylic acids is 2. The molecule has 0 radical (unpaired) electrons. The number of para-hydroxylation sites is 1. The first-order valence-corrected chi connectivity index (χ1v) is 12.5. The summed E-state index contributed by atoms with van der Waals surface area (Å²) in [4.78, 5) is 31.9. The van der Waals surface area contributed by atoms with Crippen LogP contribution in [0, 0.1) is 0 Å². The molecule has 1 fully saturated rings. The van der Waals surface area contributed by atoms with Crippen molar-refractivity contribution in [2.75, 3.05) is 32.1 Å². The zero-order chi connectivity index (χ0) is 24.3. The van der Waals surface area contributed by atoms with Gasteiger partial charge in [-0.05, 0) is 47.2 Å². The van der Waals surface area contributed by atoms with Crippen molar-refractivity contribution >= 4 is 28.3 Å². The second kappa shape index (κ2) is 8.18. The molecular formula is C29H31N3O3. The van der Waals surface area contributed by atoms with Crippen molar-refractivity contribution in [1.82, 2.24) is 9.80 Å². The van der Waals surface area contributed by atoms with E-state index in [4.69, 9.17) is 0 Å². The molecule has 2 aliphatic heterocycles. The average molecular weight is 470 g/mol. The fourth-order valence-corrected chi connectivity index (χ4v) is 6.36. The van der Waals surface area contributed by atoms with Crippen LogP contribution in [-0.2, 0) is 21.6 Å². The Hall–Kier alpha value is -3.22. The van der Waals surface area contributed by atoms with Crippen molar-refractivity contribution < 1.29 is 14.7 Å². The Bertz CT molecular complexity index is 1320. The quantitative estimate of drug-likeness (QED) is 0.634. The van der Waals surface area contributed by atoms with Gasteiger partial charge in [-0.3, -0.25) is 14.5 Å². The molecule has 1 saturated heterocycles. The van der Waals surface area contributed by atoms with Crippen molar-refractivity contribution in [1.29, 1.82) is 0 Å². The molecule has 180 valence electrons. The molecule has 0 spiro atoms. The standard InChI is InChI=1S/C29H31N3O3/c1-30(2)26(33)18-29(35)23-11-3-4-12-24(23)32(28(29)34)21-13-15-31(16-14-21)25-17-20-9-5-7-19-8-6-10-22(25)27(19)20/h3-12,21,25,35H,13-18H2,1-2H3/t25-,29?/m1/s1. The highest BCUT2D eigenvalue weighted by atomic mass is 16.3. The van der Waals surface area contributed by atoms with Gasteiger partial charge in [0.25, 0.3) is 5.91 Å². The van der Waals surface area contributed by atoms with E-state index in [1.54, 1.807) is 25.1 Å². The molecule has 3 aromatic carbocycles. The van der Waals surface area contributed by atoms with Crippen LogP contribution in [0.5, 0.6) is 0 Å². The molecule has 0 aromatic heterocycles. The molecule has 3 aromatic rings. The Morgan fingerprint density at radius 2 is 1.74 bits per heavy atom. The number of amides is 2. The van der Waals surface area contributed by atoms with E-state index in [-0.39, 0.29) is 24.3 Å². The number of fused-ring (bicyclic) bond motifs is 1. The molecule has 2 heterocycles. The Labute approximate surface area is 205 Å². The van der Waals surface area contributed by atoms with Crippen molar-refractivity contribution in [2.45, 2.75) is 43.4 Å². The van der Waals surface area contributed by atoms with Crippen LogP contribution >= 0.6 is 0 Å². The molecule has 0 saturated carbocycles. The van der Waals surface area contributed by atoms with E-state index in [1.165, 1.54) is 26.8 Å². The molecule has 35 heavy (non-hydrogen) atoms. The van der Waals surface area contributed by atoms with Gasteiger partial charge < -0.3 is 14.9 Å². The van der Waals surface area contributed by atoms with Crippen LogP contribution in [0.1, 0.15) is 42.0 Å². The Morgan fingerprint density at radius 3 is 2.49 bits per heavy atom. The van der Waals surface area contributed by atoms with E-state index < -0.39 is 5.60 Å². The number of aliphatic hydroxyl groups is 1. The first-order chi connectivity index (χ1) is 16.9. The minimum absolute atomic E-state index is 0.00273. The highest BCUT2D eigenvalue weighted by Gasteiger charge is 2.53. The second-order valence-corrected chi connectivity index (χ2v) is 10.4. The number of hydrogen-bond donors (Lipinski definition) is 1. The fourth-order valence-electron chi connectivity index (χ4n) is 6.36. The number of likely N-dealkylation sites (tertiary alicyclic amines) is 1. The maximum Gasteiger partial charge on any atom is 0.264 e. The van der Waals surface area contributed by atoms with Gasteiger partial charge in [0.15, 0.2) is 5.60 Å². The number of piperidine rings is 1. The summed E-state index contributed by atoms with van der Waals surface area (Å²) in [5, 5.41) is 14.2. The van der Waals surface area contributed by atoms with Gasteiger partial charge in [-0.25, -0.2) is 0 Å². The Morgan fingerprint density at radius 1 is 1.03 bits per heavy atom.